The van der Waals surface area contributed by atoms with Crippen LogP contribution in [0, 0.1) is 0 Å². The van der Waals surface area contributed by atoms with E-state index in [9.17, 15) is 26.3 Å². The first kappa shape index (κ1) is 21.7. The molecule has 0 aliphatic carbocycles. The van der Waals surface area contributed by atoms with Gasteiger partial charge in [0.05, 0.1) is 21.1 Å². The number of nitrogens with zero attached hydrogens (tertiary/aromatic N) is 2. The van der Waals surface area contributed by atoms with Crippen molar-refractivity contribution >= 4 is 34.1 Å². The molecule has 0 bridgehead atoms. The van der Waals surface area contributed by atoms with E-state index in [-0.39, 0.29) is 16.6 Å². The number of halogens is 8. The van der Waals surface area contributed by atoms with Gasteiger partial charge < -0.3 is 4.74 Å². The minimum absolute atomic E-state index is 0.0845. The summed E-state index contributed by atoms with van der Waals surface area (Å²) in [6.45, 7) is 0.808. The summed E-state index contributed by atoms with van der Waals surface area (Å²) in [6.07, 6.45) is -9.52. The molecule has 3 aromatic rings. The van der Waals surface area contributed by atoms with Crippen LogP contribution in [-0.4, -0.2) is 23.1 Å². The Morgan fingerprint density at radius 1 is 0.966 bits per heavy atom. The van der Waals surface area contributed by atoms with Gasteiger partial charge in [0.15, 0.2) is 0 Å². The van der Waals surface area contributed by atoms with E-state index in [0.29, 0.717) is 12.1 Å². The Morgan fingerprint density at radius 2 is 1.52 bits per heavy atom. The van der Waals surface area contributed by atoms with Crippen molar-refractivity contribution in [3.63, 3.8) is 0 Å². The first-order chi connectivity index (χ1) is 13.3. The van der Waals surface area contributed by atoms with Gasteiger partial charge in [-0.05, 0) is 25.1 Å². The molecule has 3 rings (SSSR count). The number of methoxy groups -OCH3 is 1. The van der Waals surface area contributed by atoms with Crippen LogP contribution in [0.4, 0.5) is 26.3 Å². The number of benzene rings is 2. The van der Waals surface area contributed by atoms with Crippen molar-refractivity contribution < 1.29 is 31.1 Å². The van der Waals surface area contributed by atoms with Crippen LogP contribution in [0.1, 0.15) is 18.2 Å². The molecule has 3 nitrogen and oxygen atoms in total. The van der Waals surface area contributed by atoms with Crippen molar-refractivity contribution in [3.8, 4) is 5.69 Å². The van der Waals surface area contributed by atoms with Crippen molar-refractivity contribution in [1.29, 1.82) is 0 Å². The quantitative estimate of drug-likeness (QED) is 0.406. The molecule has 1 unspecified atom stereocenters. The summed E-state index contributed by atoms with van der Waals surface area (Å²) in [4.78, 5) is 0. The van der Waals surface area contributed by atoms with E-state index in [1.54, 1.807) is 0 Å². The second-order valence-corrected chi connectivity index (χ2v) is 7.11. The molecule has 156 valence electrons. The van der Waals surface area contributed by atoms with Crippen molar-refractivity contribution in [2.24, 2.45) is 0 Å². The number of aromatic nitrogens is 2. The molecule has 2 aromatic carbocycles. The number of hydrogen-bond donors (Lipinski definition) is 0. The third-order valence-corrected chi connectivity index (χ3v) is 5.12. The van der Waals surface area contributed by atoms with Crippen molar-refractivity contribution in [2.45, 2.75) is 24.9 Å². The highest BCUT2D eigenvalue weighted by Gasteiger charge is 2.55. The van der Waals surface area contributed by atoms with Gasteiger partial charge in [-0.1, -0.05) is 41.4 Å². The van der Waals surface area contributed by atoms with Gasteiger partial charge >= 0.3 is 12.4 Å². The van der Waals surface area contributed by atoms with E-state index in [1.165, 1.54) is 24.3 Å². The highest BCUT2D eigenvalue weighted by molar-refractivity contribution is 6.38. The lowest BCUT2D eigenvalue weighted by Gasteiger charge is -2.29. The first-order valence-corrected chi connectivity index (χ1v) is 8.73. The Balaban J connectivity index is 2.34. The molecule has 0 aliphatic rings. The monoisotopic (exact) mass is 456 g/mol. The molecule has 0 radical (unpaired) electrons. The fourth-order valence-corrected chi connectivity index (χ4v) is 3.51. The van der Waals surface area contributed by atoms with Crippen LogP contribution in [0.5, 0.6) is 0 Å². The predicted octanol–water partition coefficient (Wildman–Crippen LogP) is 6.78. The van der Waals surface area contributed by atoms with Crippen LogP contribution in [0.3, 0.4) is 0 Å². The number of hydrogen-bond acceptors (Lipinski definition) is 2. The average Bonchev–Trinajstić information content (AvgIpc) is 2.98. The zero-order valence-electron chi connectivity index (χ0n) is 14.8. The van der Waals surface area contributed by atoms with Gasteiger partial charge in [0.1, 0.15) is 11.4 Å². The smallest absolute Gasteiger partial charge is 0.363 e. The Kier molecular flexibility index (Phi) is 5.30. The normalized spacial score (nSPS) is 15.0. The summed E-state index contributed by atoms with van der Waals surface area (Å²) in [6, 6.07) is 7.15. The van der Waals surface area contributed by atoms with Gasteiger partial charge in [-0.25, -0.2) is 4.68 Å². The van der Waals surface area contributed by atoms with E-state index >= 15 is 0 Å². The maximum absolute atomic E-state index is 13.7. The fourth-order valence-electron chi connectivity index (χ4n) is 2.87. The number of rotatable bonds is 3. The largest absolute Gasteiger partial charge is 0.423 e. The van der Waals surface area contributed by atoms with E-state index in [0.717, 1.165) is 18.7 Å². The standard InChI is InChI=1S/C18H12Cl2F6N2O/c1-16(29-2,18(24,25)26)15-10-5-3-4-6-13(10)28(27-15)14-11(19)7-9(8-12(14)20)17(21,22)23/h3-8H,1-2H3. The summed E-state index contributed by atoms with van der Waals surface area (Å²) < 4.78 is 85.9. The summed E-state index contributed by atoms with van der Waals surface area (Å²) >= 11 is 12.0. The van der Waals surface area contributed by atoms with Crippen molar-refractivity contribution in [1.82, 2.24) is 9.78 Å². The second-order valence-electron chi connectivity index (χ2n) is 6.30. The first-order valence-electron chi connectivity index (χ1n) is 7.98. The van der Waals surface area contributed by atoms with Gasteiger partial charge in [-0.15, -0.1) is 0 Å². The zero-order chi connectivity index (χ0) is 21.8. The fraction of sp³-hybridized carbons (Fsp3) is 0.278. The van der Waals surface area contributed by atoms with Crippen LogP contribution in [0.15, 0.2) is 36.4 Å². The van der Waals surface area contributed by atoms with Gasteiger partial charge in [-0.2, -0.15) is 31.4 Å². The third kappa shape index (κ3) is 3.55. The Bertz CT molecular complexity index is 1050. The minimum atomic E-state index is -4.82. The van der Waals surface area contributed by atoms with E-state index in [2.05, 4.69) is 5.10 Å². The molecule has 11 heteroatoms. The molecule has 0 spiro atoms. The van der Waals surface area contributed by atoms with Gasteiger partial charge in [0.2, 0.25) is 5.60 Å². The molecule has 1 heterocycles. The highest BCUT2D eigenvalue weighted by atomic mass is 35.5. The van der Waals surface area contributed by atoms with Crippen LogP contribution >= 0.6 is 23.2 Å². The van der Waals surface area contributed by atoms with Crippen molar-refractivity contribution in [2.75, 3.05) is 7.11 Å². The lowest BCUT2D eigenvalue weighted by atomic mass is 9.98. The number of para-hydroxylation sites is 1. The summed E-state index contributed by atoms with van der Waals surface area (Å²) in [5.41, 5.74) is -4.36. The molecule has 0 amide bonds. The maximum atomic E-state index is 13.7. The van der Waals surface area contributed by atoms with E-state index in [4.69, 9.17) is 27.9 Å². The molecule has 1 atom stereocenters. The second kappa shape index (κ2) is 7.07. The van der Waals surface area contributed by atoms with Gasteiger partial charge in [-0.3, -0.25) is 0 Å². The maximum Gasteiger partial charge on any atom is 0.423 e. The molecule has 0 saturated carbocycles. The van der Waals surface area contributed by atoms with E-state index < -0.39 is 39.3 Å². The molecule has 0 aliphatic heterocycles. The van der Waals surface area contributed by atoms with Crippen LogP contribution in [-0.2, 0) is 16.5 Å². The zero-order valence-corrected chi connectivity index (χ0v) is 16.3. The predicted molar refractivity (Wildman–Crippen MR) is 96.5 cm³/mol. The lowest BCUT2D eigenvalue weighted by Crippen LogP contribution is -2.41. The molecular weight excluding hydrogens is 445 g/mol. The molecule has 0 fully saturated rings. The molecule has 0 saturated heterocycles. The molecule has 1 aromatic heterocycles. The molecule has 29 heavy (non-hydrogen) atoms. The molecule has 0 N–H and O–H groups in total. The summed E-state index contributed by atoms with van der Waals surface area (Å²) in [5, 5.41) is 3.25. The Morgan fingerprint density at radius 3 is 2.00 bits per heavy atom. The Labute approximate surface area is 170 Å². The number of fused-ring (bicyclic) bond motifs is 1. The summed E-state index contributed by atoms with van der Waals surface area (Å²) in [7, 11) is 0.888. The van der Waals surface area contributed by atoms with Crippen LogP contribution in [0.25, 0.3) is 16.6 Å². The number of alkyl halides is 6. The minimum Gasteiger partial charge on any atom is -0.363 e. The van der Waals surface area contributed by atoms with Crippen LogP contribution in [0.2, 0.25) is 10.0 Å². The van der Waals surface area contributed by atoms with Gasteiger partial charge in [0.25, 0.3) is 0 Å². The third-order valence-electron chi connectivity index (χ3n) is 4.54. The average molecular weight is 457 g/mol. The number of ether oxygens (including phenoxy) is 1. The van der Waals surface area contributed by atoms with Crippen LogP contribution < -0.4 is 0 Å². The SMILES string of the molecule is COC(C)(c1nn(-c2c(Cl)cc(C(F)(F)F)cc2Cl)c2ccccc12)C(F)(F)F. The Hall–Kier alpha value is -1.97. The molecular formula is C18H12Cl2F6N2O. The topological polar surface area (TPSA) is 27.1 Å². The highest BCUT2D eigenvalue weighted by Crippen LogP contribution is 2.45. The summed E-state index contributed by atoms with van der Waals surface area (Å²) in [5.74, 6) is 0. The van der Waals surface area contributed by atoms with Crippen molar-refractivity contribution in [3.05, 3.63) is 57.7 Å². The van der Waals surface area contributed by atoms with E-state index in [1.807, 2.05) is 0 Å². The lowest BCUT2D eigenvalue weighted by molar-refractivity contribution is -0.270. The van der Waals surface area contributed by atoms with Gasteiger partial charge in [0, 0.05) is 12.5 Å².